The van der Waals surface area contributed by atoms with Crippen molar-refractivity contribution >= 4 is 22.7 Å². The molecule has 0 aliphatic heterocycles. The molecule has 3 aromatic rings. The van der Waals surface area contributed by atoms with Gasteiger partial charge in [-0.05, 0) is 55.2 Å². The van der Waals surface area contributed by atoms with E-state index in [1.165, 1.54) is 5.56 Å². The van der Waals surface area contributed by atoms with Crippen LogP contribution in [0.25, 0.3) is 22.6 Å². The zero-order chi connectivity index (χ0) is 14.3. The lowest BCUT2D eigenvalue weighted by Gasteiger charge is -2.00. The fraction of sp³-hybridized carbons (Fsp3) is 0.235. The predicted octanol–water partition coefficient (Wildman–Crippen LogP) is 5.33. The van der Waals surface area contributed by atoms with Gasteiger partial charge in [-0.2, -0.15) is 0 Å². The minimum Gasteiger partial charge on any atom is -0.436 e. The molecule has 0 spiro atoms. The fourth-order valence-corrected chi connectivity index (χ4v) is 2.51. The standard InChI is InChI=1S/C17H16ClNO/c1-4-12-5-7-13(8-6-12)17-19-16-11(3)15(18)10(2)9-14(16)20-17/h5-9H,4H2,1-3H3. The van der Waals surface area contributed by atoms with Crippen molar-refractivity contribution in [1.82, 2.24) is 4.98 Å². The van der Waals surface area contributed by atoms with Crippen LogP contribution in [0, 0.1) is 13.8 Å². The van der Waals surface area contributed by atoms with E-state index in [0.717, 1.165) is 39.2 Å². The third-order valence-electron chi connectivity index (χ3n) is 3.64. The maximum absolute atomic E-state index is 6.27. The molecule has 0 radical (unpaired) electrons. The Bertz CT molecular complexity index is 772. The van der Waals surface area contributed by atoms with E-state index in [4.69, 9.17) is 16.0 Å². The molecule has 0 amide bonds. The first kappa shape index (κ1) is 13.2. The second-order valence-corrected chi connectivity index (χ2v) is 5.43. The van der Waals surface area contributed by atoms with Crippen LogP contribution < -0.4 is 0 Å². The van der Waals surface area contributed by atoms with E-state index < -0.39 is 0 Å². The van der Waals surface area contributed by atoms with Gasteiger partial charge in [0.1, 0.15) is 5.52 Å². The molecule has 0 atom stereocenters. The molecule has 0 aliphatic carbocycles. The largest absolute Gasteiger partial charge is 0.436 e. The van der Waals surface area contributed by atoms with Crippen molar-refractivity contribution in [3.05, 3.63) is 52.0 Å². The lowest BCUT2D eigenvalue weighted by molar-refractivity contribution is 0.619. The molecule has 3 heteroatoms. The van der Waals surface area contributed by atoms with Gasteiger partial charge in [0.2, 0.25) is 5.89 Å². The van der Waals surface area contributed by atoms with Crippen LogP contribution in [0.5, 0.6) is 0 Å². The number of fused-ring (bicyclic) bond motifs is 1. The first-order valence-electron chi connectivity index (χ1n) is 6.75. The van der Waals surface area contributed by atoms with Gasteiger partial charge >= 0.3 is 0 Å². The van der Waals surface area contributed by atoms with Crippen molar-refractivity contribution in [2.45, 2.75) is 27.2 Å². The highest BCUT2D eigenvalue weighted by Crippen LogP contribution is 2.32. The van der Waals surface area contributed by atoms with Crippen LogP contribution in [0.15, 0.2) is 34.7 Å². The number of rotatable bonds is 2. The average Bonchev–Trinajstić information content (AvgIpc) is 2.89. The lowest BCUT2D eigenvalue weighted by Crippen LogP contribution is -1.84. The van der Waals surface area contributed by atoms with Crippen LogP contribution >= 0.6 is 11.6 Å². The maximum atomic E-state index is 6.27. The molecule has 2 aromatic carbocycles. The Morgan fingerprint density at radius 3 is 2.50 bits per heavy atom. The summed E-state index contributed by atoms with van der Waals surface area (Å²) in [5.41, 5.74) is 5.92. The molecule has 0 saturated heterocycles. The van der Waals surface area contributed by atoms with Crippen molar-refractivity contribution in [3.63, 3.8) is 0 Å². The van der Waals surface area contributed by atoms with Gasteiger partial charge in [-0.3, -0.25) is 0 Å². The van der Waals surface area contributed by atoms with Gasteiger partial charge in [0, 0.05) is 10.6 Å². The van der Waals surface area contributed by atoms with Crippen molar-refractivity contribution in [1.29, 1.82) is 0 Å². The first-order chi connectivity index (χ1) is 9.60. The highest BCUT2D eigenvalue weighted by molar-refractivity contribution is 6.33. The number of hydrogen-bond donors (Lipinski definition) is 0. The number of aryl methyl sites for hydroxylation is 3. The van der Waals surface area contributed by atoms with Gasteiger partial charge in [-0.1, -0.05) is 30.7 Å². The molecule has 2 nitrogen and oxygen atoms in total. The Morgan fingerprint density at radius 1 is 1.15 bits per heavy atom. The van der Waals surface area contributed by atoms with Gasteiger partial charge in [-0.25, -0.2) is 4.98 Å². The summed E-state index contributed by atoms with van der Waals surface area (Å²) in [5.74, 6) is 0.646. The van der Waals surface area contributed by atoms with Gasteiger partial charge in [0.05, 0.1) is 0 Å². The molecule has 1 heterocycles. The van der Waals surface area contributed by atoms with Crippen molar-refractivity contribution in [3.8, 4) is 11.5 Å². The van der Waals surface area contributed by atoms with Crippen LogP contribution in [-0.4, -0.2) is 4.98 Å². The molecule has 0 unspecified atom stereocenters. The zero-order valence-electron chi connectivity index (χ0n) is 11.8. The average molecular weight is 286 g/mol. The van der Waals surface area contributed by atoms with Crippen LogP contribution in [-0.2, 0) is 6.42 Å². The van der Waals surface area contributed by atoms with E-state index >= 15 is 0 Å². The van der Waals surface area contributed by atoms with Gasteiger partial charge in [-0.15, -0.1) is 0 Å². The van der Waals surface area contributed by atoms with Gasteiger partial charge in [0.25, 0.3) is 0 Å². The van der Waals surface area contributed by atoms with Crippen LogP contribution in [0.4, 0.5) is 0 Å². The van der Waals surface area contributed by atoms with E-state index in [1.807, 2.05) is 32.0 Å². The normalized spacial score (nSPS) is 11.2. The van der Waals surface area contributed by atoms with Gasteiger partial charge < -0.3 is 4.42 Å². The summed E-state index contributed by atoms with van der Waals surface area (Å²) in [6, 6.07) is 10.3. The van der Waals surface area contributed by atoms with Crippen molar-refractivity contribution < 1.29 is 4.42 Å². The van der Waals surface area contributed by atoms with E-state index in [-0.39, 0.29) is 0 Å². The van der Waals surface area contributed by atoms with Crippen LogP contribution in [0.2, 0.25) is 5.02 Å². The van der Waals surface area contributed by atoms with E-state index in [2.05, 4.69) is 24.0 Å². The summed E-state index contributed by atoms with van der Waals surface area (Å²) >= 11 is 6.27. The summed E-state index contributed by atoms with van der Waals surface area (Å²) in [7, 11) is 0. The van der Waals surface area contributed by atoms with E-state index in [9.17, 15) is 0 Å². The van der Waals surface area contributed by atoms with Crippen molar-refractivity contribution in [2.24, 2.45) is 0 Å². The third-order valence-corrected chi connectivity index (χ3v) is 4.22. The molecule has 0 bridgehead atoms. The quantitative estimate of drug-likeness (QED) is 0.636. The first-order valence-corrected chi connectivity index (χ1v) is 7.13. The molecule has 1 aromatic heterocycles. The Kier molecular flexibility index (Phi) is 3.27. The minimum absolute atomic E-state index is 0.646. The highest BCUT2D eigenvalue weighted by atomic mass is 35.5. The molecule has 20 heavy (non-hydrogen) atoms. The van der Waals surface area contributed by atoms with Gasteiger partial charge in [0.15, 0.2) is 5.58 Å². The third kappa shape index (κ3) is 2.10. The van der Waals surface area contributed by atoms with Crippen LogP contribution in [0.3, 0.4) is 0 Å². The summed E-state index contributed by atoms with van der Waals surface area (Å²) in [4.78, 5) is 4.59. The molecule has 0 N–H and O–H groups in total. The molecule has 3 rings (SSSR count). The smallest absolute Gasteiger partial charge is 0.227 e. The Morgan fingerprint density at radius 2 is 1.85 bits per heavy atom. The number of halogens is 1. The monoisotopic (exact) mass is 285 g/mol. The second-order valence-electron chi connectivity index (χ2n) is 5.05. The maximum Gasteiger partial charge on any atom is 0.227 e. The topological polar surface area (TPSA) is 26.0 Å². The number of nitrogens with zero attached hydrogens (tertiary/aromatic N) is 1. The summed E-state index contributed by atoms with van der Waals surface area (Å²) in [6.45, 7) is 6.10. The van der Waals surface area contributed by atoms with E-state index in [0.29, 0.717) is 5.89 Å². The van der Waals surface area contributed by atoms with Crippen LogP contribution in [0.1, 0.15) is 23.6 Å². The van der Waals surface area contributed by atoms with E-state index in [1.54, 1.807) is 0 Å². The highest BCUT2D eigenvalue weighted by Gasteiger charge is 2.13. The molecule has 0 saturated carbocycles. The number of oxazole rings is 1. The molecule has 102 valence electrons. The predicted molar refractivity (Wildman–Crippen MR) is 83.3 cm³/mol. The second kappa shape index (κ2) is 4.95. The molecule has 0 aliphatic rings. The molecular weight excluding hydrogens is 270 g/mol. The number of aromatic nitrogens is 1. The molecule has 0 fully saturated rings. The van der Waals surface area contributed by atoms with Crippen molar-refractivity contribution in [2.75, 3.05) is 0 Å². The zero-order valence-corrected chi connectivity index (χ0v) is 12.6. The summed E-state index contributed by atoms with van der Waals surface area (Å²) < 4.78 is 5.87. The fourth-order valence-electron chi connectivity index (χ4n) is 2.36. The number of benzene rings is 2. The Balaban J connectivity index is 2.15. The summed E-state index contributed by atoms with van der Waals surface area (Å²) in [5, 5.41) is 0.763. The minimum atomic E-state index is 0.646. The lowest BCUT2D eigenvalue weighted by atomic mass is 10.1. The SMILES string of the molecule is CCc1ccc(-c2nc3c(C)c(Cl)c(C)cc3o2)cc1. The molecular formula is C17H16ClNO. The number of hydrogen-bond acceptors (Lipinski definition) is 2. The Hall–Kier alpha value is -1.80. The Labute approximate surface area is 123 Å². The summed E-state index contributed by atoms with van der Waals surface area (Å²) in [6.07, 6.45) is 1.03.